The Labute approximate surface area is 114 Å². The number of nitrogens with two attached hydrogens (primary N) is 1. The van der Waals surface area contributed by atoms with Crippen LogP contribution >= 0.6 is 0 Å². The smallest absolute Gasteiger partial charge is 0.261 e. The van der Waals surface area contributed by atoms with Crippen molar-refractivity contribution in [3.05, 3.63) is 53.6 Å². The molecule has 20 heavy (non-hydrogen) atoms. The van der Waals surface area contributed by atoms with Crippen LogP contribution in [0.15, 0.2) is 36.4 Å². The number of ether oxygens (including phenoxy) is 1. The van der Waals surface area contributed by atoms with E-state index < -0.39 is 23.1 Å². The molecule has 0 fully saturated rings. The van der Waals surface area contributed by atoms with Gasteiger partial charge in [-0.15, -0.1) is 0 Å². The van der Waals surface area contributed by atoms with Crippen LogP contribution in [0.1, 0.15) is 10.4 Å². The monoisotopic (exact) mass is 278 g/mol. The molecule has 1 amide bonds. The van der Waals surface area contributed by atoms with Crippen molar-refractivity contribution in [2.75, 3.05) is 18.2 Å². The molecule has 0 aliphatic rings. The summed E-state index contributed by atoms with van der Waals surface area (Å²) in [6.45, 7) is 0. The number of nitrogens with one attached hydrogen (secondary N) is 1. The maximum atomic E-state index is 13.7. The van der Waals surface area contributed by atoms with Crippen LogP contribution in [0.2, 0.25) is 0 Å². The highest BCUT2D eigenvalue weighted by Gasteiger charge is 2.20. The van der Waals surface area contributed by atoms with Gasteiger partial charge in [0.05, 0.1) is 18.5 Å². The topological polar surface area (TPSA) is 64.3 Å². The Morgan fingerprint density at radius 2 is 1.90 bits per heavy atom. The van der Waals surface area contributed by atoms with E-state index in [1.807, 2.05) is 0 Å². The van der Waals surface area contributed by atoms with Crippen LogP contribution in [0.4, 0.5) is 20.2 Å². The zero-order valence-corrected chi connectivity index (χ0v) is 10.6. The van der Waals surface area contributed by atoms with Gasteiger partial charge in [0, 0.05) is 0 Å². The van der Waals surface area contributed by atoms with E-state index in [1.54, 1.807) is 24.3 Å². The molecule has 6 heteroatoms. The number of carbonyl (C=O) groups is 1. The van der Waals surface area contributed by atoms with Gasteiger partial charge in [0.1, 0.15) is 17.1 Å². The molecule has 2 rings (SSSR count). The van der Waals surface area contributed by atoms with E-state index in [4.69, 9.17) is 10.5 Å². The molecule has 0 aromatic heterocycles. The van der Waals surface area contributed by atoms with Gasteiger partial charge in [-0.1, -0.05) is 12.1 Å². The van der Waals surface area contributed by atoms with Gasteiger partial charge >= 0.3 is 0 Å². The summed E-state index contributed by atoms with van der Waals surface area (Å²) in [6, 6.07) is 8.53. The van der Waals surface area contributed by atoms with Crippen molar-refractivity contribution in [2.24, 2.45) is 0 Å². The van der Waals surface area contributed by atoms with Crippen molar-refractivity contribution in [2.45, 2.75) is 0 Å². The molecule has 0 aliphatic heterocycles. The van der Waals surface area contributed by atoms with Gasteiger partial charge in [-0.25, -0.2) is 8.78 Å². The van der Waals surface area contributed by atoms with Gasteiger partial charge in [-0.3, -0.25) is 4.79 Å². The van der Waals surface area contributed by atoms with E-state index in [0.29, 0.717) is 11.4 Å². The third-order valence-electron chi connectivity index (χ3n) is 2.70. The van der Waals surface area contributed by atoms with Crippen LogP contribution in [0.5, 0.6) is 5.75 Å². The molecule has 0 heterocycles. The molecule has 3 N–H and O–H groups in total. The van der Waals surface area contributed by atoms with Gasteiger partial charge in [0.2, 0.25) is 0 Å². The second kappa shape index (κ2) is 5.56. The summed E-state index contributed by atoms with van der Waals surface area (Å²) < 4.78 is 32.4. The van der Waals surface area contributed by atoms with Gasteiger partial charge in [0.25, 0.3) is 5.91 Å². The van der Waals surface area contributed by atoms with E-state index in [9.17, 15) is 13.6 Å². The largest absolute Gasteiger partial charge is 0.495 e. The van der Waals surface area contributed by atoms with Crippen LogP contribution in [0, 0.1) is 11.6 Å². The normalized spacial score (nSPS) is 10.2. The minimum absolute atomic E-state index is 0.295. The summed E-state index contributed by atoms with van der Waals surface area (Å²) in [5.74, 6) is -2.62. The number of nitrogen functional groups attached to an aromatic ring is 1. The van der Waals surface area contributed by atoms with Crippen molar-refractivity contribution in [3.8, 4) is 5.75 Å². The molecular formula is C14H12F2N2O2. The molecule has 2 aromatic carbocycles. The van der Waals surface area contributed by atoms with Crippen molar-refractivity contribution in [3.63, 3.8) is 0 Å². The Morgan fingerprint density at radius 3 is 2.60 bits per heavy atom. The number of para-hydroxylation sites is 2. The number of halogens is 2. The lowest BCUT2D eigenvalue weighted by Gasteiger charge is -2.11. The maximum absolute atomic E-state index is 13.7. The molecule has 0 saturated carbocycles. The molecule has 0 aliphatic carbocycles. The molecule has 0 bridgehead atoms. The highest BCUT2D eigenvalue weighted by Crippen LogP contribution is 2.25. The highest BCUT2D eigenvalue weighted by molar-refractivity contribution is 6.05. The predicted molar refractivity (Wildman–Crippen MR) is 71.7 cm³/mol. The summed E-state index contributed by atoms with van der Waals surface area (Å²) in [6.07, 6.45) is 0. The van der Waals surface area contributed by atoms with Crippen molar-refractivity contribution < 1.29 is 18.3 Å². The van der Waals surface area contributed by atoms with Gasteiger partial charge < -0.3 is 15.8 Å². The van der Waals surface area contributed by atoms with Crippen LogP contribution in [-0.4, -0.2) is 13.0 Å². The Morgan fingerprint density at radius 1 is 1.20 bits per heavy atom. The average molecular weight is 278 g/mol. The number of hydrogen-bond acceptors (Lipinski definition) is 3. The number of methoxy groups -OCH3 is 1. The van der Waals surface area contributed by atoms with E-state index in [1.165, 1.54) is 7.11 Å². The fraction of sp³-hybridized carbons (Fsp3) is 0.0714. The molecule has 4 nitrogen and oxygen atoms in total. The standard InChI is InChI=1S/C14H12F2N2O2/c1-20-11-5-3-2-4-10(11)18-14(19)12-8(15)6-7-9(17)13(12)16/h2-7H,17H2,1H3,(H,18,19). The zero-order chi connectivity index (χ0) is 14.7. The third kappa shape index (κ3) is 2.54. The lowest BCUT2D eigenvalue weighted by atomic mass is 10.1. The van der Waals surface area contributed by atoms with Gasteiger partial charge in [-0.05, 0) is 24.3 Å². The molecule has 0 radical (unpaired) electrons. The molecule has 0 unspecified atom stereocenters. The second-order valence-electron chi connectivity index (χ2n) is 3.98. The number of anilines is 2. The number of amides is 1. The van der Waals surface area contributed by atoms with Crippen LogP contribution in [-0.2, 0) is 0 Å². The lowest BCUT2D eigenvalue weighted by Crippen LogP contribution is -2.17. The van der Waals surface area contributed by atoms with Crippen molar-refractivity contribution >= 4 is 17.3 Å². The lowest BCUT2D eigenvalue weighted by molar-refractivity contribution is 0.101. The quantitative estimate of drug-likeness (QED) is 0.848. The molecular weight excluding hydrogens is 266 g/mol. The first-order chi connectivity index (χ1) is 9.54. The maximum Gasteiger partial charge on any atom is 0.261 e. The SMILES string of the molecule is COc1ccccc1NC(=O)c1c(F)ccc(N)c1F. The van der Waals surface area contributed by atoms with Crippen LogP contribution in [0.25, 0.3) is 0 Å². The Balaban J connectivity index is 2.36. The minimum atomic E-state index is -1.09. The first-order valence-corrected chi connectivity index (χ1v) is 5.72. The average Bonchev–Trinajstić information content (AvgIpc) is 2.44. The molecule has 104 valence electrons. The summed E-state index contributed by atoms with van der Waals surface area (Å²) in [4.78, 5) is 12.0. The first kappa shape index (κ1) is 13.8. The number of hydrogen-bond donors (Lipinski definition) is 2. The summed E-state index contributed by atoms with van der Waals surface area (Å²) in [5.41, 5.74) is 4.62. The Kier molecular flexibility index (Phi) is 3.84. The summed E-state index contributed by atoms with van der Waals surface area (Å²) >= 11 is 0. The zero-order valence-electron chi connectivity index (χ0n) is 10.6. The fourth-order valence-corrected chi connectivity index (χ4v) is 1.71. The summed E-state index contributed by atoms with van der Waals surface area (Å²) in [7, 11) is 1.42. The number of rotatable bonds is 3. The molecule has 0 atom stereocenters. The third-order valence-corrected chi connectivity index (χ3v) is 2.70. The fourth-order valence-electron chi connectivity index (χ4n) is 1.71. The van der Waals surface area contributed by atoms with E-state index in [-0.39, 0.29) is 5.69 Å². The van der Waals surface area contributed by atoms with Crippen molar-refractivity contribution in [1.82, 2.24) is 0 Å². The predicted octanol–water partition coefficient (Wildman–Crippen LogP) is 2.81. The molecule has 0 spiro atoms. The van der Waals surface area contributed by atoms with E-state index in [0.717, 1.165) is 12.1 Å². The van der Waals surface area contributed by atoms with Crippen LogP contribution in [0.3, 0.4) is 0 Å². The Hall–Kier alpha value is -2.63. The number of benzene rings is 2. The van der Waals surface area contributed by atoms with Gasteiger partial charge in [0.15, 0.2) is 5.82 Å². The van der Waals surface area contributed by atoms with E-state index in [2.05, 4.69) is 5.32 Å². The molecule has 0 saturated heterocycles. The van der Waals surface area contributed by atoms with Crippen molar-refractivity contribution in [1.29, 1.82) is 0 Å². The first-order valence-electron chi connectivity index (χ1n) is 5.72. The second-order valence-corrected chi connectivity index (χ2v) is 3.98. The number of carbonyl (C=O) groups excluding carboxylic acids is 1. The van der Waals surface area contributed by atoms with Crippen LogP contribution < -0.4 is 15.8 Å². The van der Waals surface area contributed by atoms with Gasteiger partial charge in [-0.2, -0.15) is 0 Å². The highest BCUT2D eigenvalue weighted by atomic mass is 19.1. The summed E-state index contributed by atoms with van der Waals surface area (Å²) in [5, 5.41) is 2.39. The molecule has 2 aromatic rings. The Bertz CT molecular complexity index is 660. The van der Waals surface area contributed by atoms with E-state index >= 15 is 0 Å². The minimum Gasteiger partial charge on any atom is -0.495 e.